The molecule has 4 heteroatoms. The molecule has 0 fully saturated rings. The predicted molar refractivity (Wildman–Crippen MR) is 78.2 cm³/mol. The first kappa shape index (κ1) is 14.6. The van der Waals surface area contributed by atoms with E-state index in [1.54, 1.807) is 11.8 Å². The van der Waals surface area contributed by atoms with Crippen LogP contribution in [-0.2, 0) is 0 Å². The molecule has 0 aromatic heterocycles. The number of hydrogen-bond donors (Lipinski definition) is 1. The molecule has 1 amide bonds. The summed E-state index contributed by atoms with van der Waals surface area (Å²) in [6.45, 7) is 4.06. The Labute approximate surface area is 116 Å². The summed E-state index contributed by atoms with van der Waals surface area (Å²) in [6.07, 6.45) is 2.93. The molecule has 1 N–H and O–H groups in total. The quantitative estimate of drug-likeness (QED) is 0.663. The molecule has 0 saturated carbocycles. The third kappa shape index (κ3) is 4.72. The maximum atomic E-state index is 12.0. The lowest BCUT2D eigenvalue weighted by atomic mass is 10.0. The average Bonchev–Trinajstić information content (AvgIpc) is 2.28. The van der Waals surface area contributed by atoms with Crippen LogP contribution in [0, 0.1) is 0 Å². The fraction of sp³-hybridized carbons (Fsp3) is 0.462. The van der Waals surface area contributed by atoms with Crippen molar-refractivity contribution < 1.29 is 4.79 Å². The summed E-state index contributed by atoms with van der Waals surface area (Å²) in [5.41, 5.74) is 0.532. The van der Waals surface area contributed by atoms with E-state index in [0.717, 1.165) is 11.8 Å². The molecule has 94 valence electrons. The fourth-order valence-corrected chi connectivity index (χ4v) is 2.82. The van der Waals surface area contributed by atoms with Gasteiger partial charge < -0.3 is 5.32 Å². The van der Waals surface area contributed by atoms with Crippen molar-refractivity contribution in [3.05, 3.63) is 29.8 Å². The van der Waals surface area contributed by atoms with Gasteiger partial charge in [-0.05, 0) is 50.8 Å². The van der Waals surface area contributed by atoms with Crippen LogP contribution >= 0.6 is 27.7 Å². The van der Waals surface area contributed by atoms with Crippen LogP contribution in [0.2, 0.25) is 0 Å². The van der Waals surface area contributed by atoms with Crippen molar-refractivity contribution in [1.29, 1.82) is 0 Å². The van der Waals surface area contributed by atoms with E-state index in [4.69, 9.17) is 0 Å². The van der Waals surface area contributed by atoms with Gasteiger partial charge in [0.25, 0.3) is 5.91 Å². The highest BCUT2D eigenvalue weighted by Gasteiger charge is 2.20. The molecular weight excluding hydrogens is 298 g/mol. The van der Waals surface area contributed by atoms with Crippen LogP contribution in [0.15, 0.2) is 29.2 Å². The highest BCUT2D eigenvalue weighted by atomic mass is 79.9. The maximum absolute atomic E-state index is 12.0. The second-order valence-corrected chi connectivity index (χ2v) is 6.18. The number of rotatable bonds is 5. The smallest absolute Gasteiger partial charge is 0.251 e. The van der Waals surface area contributed by atoms with E-state index in [1.807, 2.05) is 44.4 Å². The first-order chi connectivity index (χ1) is 7.98. The Morgan fingerprint density at radius 2 is 1.94 bits per heavy atom. The highest BCUT2D eigenvalue weighted by molar-refractivity contribution is 9.09. The van der Waals surface area contributed by atoms with Crippen molar-refractivity contribution in [2.24, 2.45) is 0 Å². The molecule has 1 rings (SSSR count). The Balaban J connectivity index is 2.69. The summed E-state index contributed by atoms with van der Waals surface area (Å²) in [5, 5.41) is 3.92. The number of nitrogens with one attached hydrogen (secondary N) is 1. The monoisotopic (exact) mass is 315 g/mol. The second-order valence-electron chi connectivity index (χ2n) is 4.51. The third-order valence-corrected chi connectivity index (χ3v) is 3.66. The second kappa shape index (κ2) is 6.45. The molecular formula is C13H18BrNOS. The number of alkyl halides is 1. The van der Waals surface area contributed by atoms with Crippen molar-refractivity contribution >= 4 is 33.6 Å². The first-order valence-corrected chi connectivity index (χ1v) is 7.85. The van der Waals surface area contributed by atoms with Crippen molar-refractivity contribution in [2.75, 3.05) is 11.6 Å². The minimum atomic E-state index is -0.182. The van der Waals surface area contributed by atoms with Crippen LogP contribution in [0.4, 0.5) is 0 Å². The third-order valence-electron chi connectivity index (χ3n) is 2.52. The zero-order valence-electron chi connectivity index (χ0n) is 10.4. The number of amides is 1. The van der Waals surface area contributed by atoms with Crippen molar-refractivity contribution in [2.45, 2.75) is 30.7 Å². The zero-order chi connectivity index (χ0) is 12.9. The molecule has 0 radical (unpaired) electrons. The lowest BCUT2D eigenvalue weighted by molar-refractivity contribution is 0.0912. The average molecular weight is 316 g/mol. The van der Waals surface area contributed by atoms with Crippen LogP contribution in [0.1, 0.15) is 30.6 Å². The van der Waals surface area contributed by atoms with Crippen LogP contribution in [-0.4, -0.2) is 23.0 Å². The van der Waals surface area contributed by atoms with E-state index < -0.39 is 0 Å². The molecule has 0 aliphatic rings. The van der Waals surface area contributed by atoms with E-state index in [9.17, 15) is 4.79 Å². The molecule has 0 spiro atoms. The van der Waals surface area contributed by atoms with E-state index in [2.05, 4.69) is 21.2 Å². The van der Waals surface area contributed by atoms with Gasteiger partial charge in [0.15, 0.2) is 0 Å². The van der Waals surface area contributed by atoms with E-state index >= 15 is 0 Å². The van der Waals surface area contributed by atoms with Gasteiger partial charge in [0.05, 0.1) is 0 Å². The van der Waals surface area contributed by atoms with Crippen LogP contribution in [0.5, 0.6) is 0 Å². The lowest BCUT2D eigenvalue weighted by Gasteiger charge is -2.25. The van der Waals surface area contributed by atoms with E-state index in [-0.39, 0.29) is 11.4 Å². The number of benzene rings is 1. The molecule has 0 saturated heterocycles. The van der Waals surface area contributed by atoms with Gasteiger partial charge in [0, 0.05) is 21.3 Å². The first-order valence-electron chi connectivity index (χ1n) is 5.51. The zero-order valence-corrected chi connectivity index (χ0v) is 12.8. The van der Waals surface area contributed by atoms with Gasteiger partial charge in [-0.2, -0.15) is 0 Å². The minimum absolute atomic E-state index is 0.0106. The fourth-order valence-electron chi connectivity index (χ4n) is 1.42. The van der Waals surface area contributed by atoms with E-state index in [1.165, 1.54) is 4.90 Å². The molecule has 2 nitrogen and oxygen atoms in total. The summed E-state index contributed by atoms with van der Waals surface area (Å²) < 4.78 is 0. The Morgan fingerprint density at radius 1 is 1.35 bits per heavy atom. The normalized spacial score (nSPS) is 11.3. The van der Waals surface area contributed by atoms with Crippen LogP contribution in [0.25, 0.3) is 0 Å². The van der Waals surface area contributed by atoms with Gasteiger partial charge in [0.1, 0.15) is 0 Å². The predicted octanol–water partition coefficient (Wildman–Crippen LogP) is 3.70. The Hall–Kier alpha value is -0.480. The number of carbonyl (C=O) groups excluding carboxylic acids is 1. The summed E-state index contributed by atoms with van der Waals surface area (Å²) in [4.78, 5) is 13.2. The molecule has 0 aliphatic carbocycles. The van der Waals surface area contributed by atoms with Gasteiger partial charge >= 0.3 is 0 Å². The molecule has 0 aliphatic heterocycles. The van der Waals surface area contributed by atoms with Gasteiger partial charge in [0.2, 0.25) is 0 Å². The van der Waals surface area contributed by atoms with Gasteiger partial charge in [-0.1, -0.05) is 15.9 Å². The molecule has 17 heavy (non-hydrogen) atoms. The molecule has 0 heterocycles. The maximum Gasteiger partial charge on any atom is 0.251 e. The molecule has 0 unspecified atom stereocenters. The molecule has 1 aromatic carbocycles. The number of thioether (sulfide) groups is 1. The van der Waals surface area contributed by atoms with Crippen LogP contribution in [0.3, 0.4) is 0 Å². The van der Waals surface area contributed by atoms with Gasteiger partial charge in [-0.15, -0.1) is 11.8 Å². The summed E-state index contributed by atoms with van der Waals surface area (Å²) in [6, 6.07) is 7.67. The Morgan fingerprint density at radius 3 is 2.41 bits per heavy atom. The van der Waals surface area contributed by atoms with Crippen molar-refractivity contribution in [3.63, 3.8) is 0 Å². The molecule has 0 bridgehead atoms. The molecule has 0 atom stereocenters. The summed E-state index contributed by atoms with van der Waals surface area (Å²) >= 11 is 5.07. The van der Waals surface area contributed by atoms with Gasteiger partial charge in [-0.3, -0.25) is 4.79 Å². The van der Waals surface area contributed by atoms with Gasteiger partial charge in [-0.25, -0.2) is 0 Å². The van der Waals surface area contributed by atoms with Crippen molar-refractivity contribution in [1.82, 2.24) is 5.32 Å². The number of hydrogen-bond acceptors (Lipinski definition) is 2. The number of halogens is 1. The summed E-state index contributed by atoms with van der Waals surface area (Å²) in [7, 11) is 0. The lowest BCUT2D eigenvalue weighted by Crippen LogP contribution is -2.43. The van der Waals surface area contributed by atoms with E-state index in [0.29, 0.717) is 5.56 Å². The largest absolute Gasteiger partial charge is 0.347 e. The standard InChI is InChI=1S/C13H18BrNOS/c1-13(2,8-9-14)15-12(16)10-4-6-11(17-3)7-5-10/h4-7H,8-9H2,1-3H3,(H,15,16). The Kier molecular flexibility index (Phi) is 5.53. The highest BCUT2D eigenvalue weighted by Crippen LogP contribution is 2.16. The minimum Gasteiger partial charge on any atom is -0.347 e. The summed E-state index contributed by atoms with van der Waals surface area (Å²) in [5.74, 6) is -0.0106. The topological polar surface area (TPSA) is 29.1 Å². The SMILES string of the molecule is CSc1ccc(C(=O)NC(C)(C)CCBr)cc1. The van der Waals surface area contributed by atoms with Crippen LogP contribution < -0.4 is 5.32 Å². The number of carbonyl (C=O) groups is 1. The molecule has 1 aromatic rings. The Bertz CT molecular complexity index is 376. The van der Waals surface area contributed by atoms with Crippen molar-refractivity contribution in [3.8, 4) is 0 Å².